The number of urea groups is 1. The summed E-state index contributed by atoms with van der Waals surface area (Å²) in [6.07, 6.45) is 3.27. The predicted octanol–water partition coefficient (Wildman–Crippen LogP) is 1.60. The fourth-order valence-electron chi connectivity index (χ4n) is 1.01. The highest BCUT2D eigenvalue weighted by molar-refractivity contribution is 6.30. The van der Waals surface area contributed by atoms with E-state index in [1.54, 1.807) is 18.2 Å². The molecule has 3 N–H and O–H groups in total. The third-order valence-corrected chi connectivity index (χ3v) is 2.01. The molecule has 0 atom stereocenters. The second kappa shape index (κ2) is 6.87. The van der Waals surface area contributed by atoms with Crippen LogP contribution >= 0.6 is 11.6 Å². The standard InChI is InChI=1S/C11H13ClN2O2/c12-10-3-1-9(2-4-10)5-6-13-11(16)14-7-8-15/h1-6,15H,7-8H2,(H2,13,14,16)/b6-5+. The van der Waals surface area contributed by atoms with Crippen molar-refractivity contribution in [2.75, 3.05) is 13.2 Å². The maximum Gasteiger partial charge on any atom is 0.318 e. The minimum Gasteiger partial charge on any atom is -0.395 e. The zero-order valence-electron chi connectivity index (χ0n) is 8.61. The molecule has 0 unspecified atom stereocenters. The lowest BCUT2D eigenvalue weighted by molar-refractivity contribution is 0.237. The largest absolute Gasteiger partial charge is 0.395 e. The average Bonchev–Trinajstić information content (AvgIpc) is 2.29. The van der Waals surface area contributed by atoms with Crippen molar-refractivity contribution in [3.8, 4) is 0 Å². The molecule has 4 nitrogen and oxygen atoms in total. The van der Waals surface area contributed by atoms with E-state index in [2.05, 4.69) is 10.6 Å². The monoisotopic (exact) mass is 240 g/mol. The first kappa shape index (κ1) is 12.5. The number of aliphatic hydroxyl groups is 1. The summed E-state index contributed by atoms with van der Waals surface area (Å²) >= 11 is 5.73. The summed E-state index contributed by atoms with van der Waals surface area (Å²) < 4.78 is 0. The fraction of sp³-hybridized carbons (Fsp3) is 0.182. The van der Waals surface area contributed by atoms with Crippen LogP contribution in [-0.4, -0.2) is 24.3 Å². The molecule has 16 heavy (non-hydrogen) atoms. The SMILES string of the molecule is O=C(N/C=C/c1ccc(Cl)cc1)NCCO. The topological polar surface area (TPSA) is 61.4 Å². The van der Waals surface area contributed by atoms with E-state index in [4.69, 9.17) is 16.7 Å². The molecule has 2 amide bonds. The Labute approximate surface area is 98.9 Å². The van der Waals surface area contributed by atoms with Gasteiger partial charge >= 0.3 is 6.03 Å². The predicted molar refractivity (Wildman–Crippen MR) is 64.1 cm³/mol. The van der Waals surface area contributed by atoms with Gasteiger partial charge in [0.15, 0.2) is 0 Å². The Morgan fingerprint density at radius 2 is 2.06 bits per heavy atom. The van der Waals surface area contributed by atoms with Gasteiger partial charge in [-0.2, -0.15) is 0 Å². The zero-order chi connectivity index (χ0) is 11.8. The van der Waals surface area contributed by atoms with Crippen LogP contribution in [0.3, 0.4) is 0 Å². The second-order valence-electron chi connectivity index (χ2n) is 3.01. The van der Waals surface area contributed by atoms with Crippen molar-refractivity contribution in [3.05, 3.63) is 41.1 Å². The van der Waals surface area contributed by atoms with Gasteiger partial charge < -0.3 is 15.7 Å². The Balaban J connectivity index is 2.37. The van der Waals surface area contributed by atoms with Crippen molar-refractivity contribution in [1.82, 2.24) is 10.6 Å². The van der Waals surface area contributed by atoms with Crippen LogP contribution in [0.4, 0.5) is 4.79 Å². The van der Waals surface area contributed by atoms with Gasteiger partial charge in [0, 0.05) is 17.8 Å². The molecule has 0 fully saturated rings. The van der Waals surface area contributed by atoms with Gasteiger partial charge in [-0.3, -0.25) is 0 Å². The van der Waals surface area contributed by atoms with Crippen molar-refractivity contribution < 1.29 is 9.90 Å². The number of carbonyl (C=O) groups excluding carboxylic acids is 1. The van der Waals surface area contributed by atoms with Gasteiger partial charge in [0.2, 0.25) is 0 Å². The molecule has 0 heterocycles. The maximum atomic E-state index is 11.0. The van der Waals surface area contributed by atoms with Crippen LogP contribution in [0.15, 0.2) is 30.5 Å². The highest BCUT2D eigenvalue weighted by Crippen LogP contribution is 2.09. The van der Waals surface area contributed by atoms with E-state index < -0.39 is 0 Å². The Bertz CT molecular complexity index is 363. The summed E-state index contributed by atoms with van der Waals surface area (Å²) in [5.74, 6) is 0. The van der Waals surface area contributed by atoms with E-state index in [9.17, 15) is 4.79 Å². The molecular formula is C11H13ClN2O2. The van der Waals surface area contributed by atoms with E-state index in [1.165, 1.54) is 6.20 Å². The summed E-state index contributed by atoms with van der Waals surface area (Å²) in [7, 11) is 0. The number of nitrogens with one attached hydrogen (secondary N) is 2. The normalized spacial score (nSPS) is 10.4. The molecule has 0 bridgehead atoms. The molecule has 0 aliphatic rings. The number of carbonyl (C=O) groups is 1. The van der Waals surface area contributed by atoms with Crippen LogP contribution in [0, 0.1) is 0 Å². The number of hydrogen-bond acceptors (Lipinski definition) is 2. The van der Waals surface area contributed by atoms with Crippen LogP contribution in [0.1, 0.15) is 5.56 Å². The quantitative estimate of drug-likeness (QED) is 0.749. The summed E-state index contributed by atoms with van der Waals surface area (Å²) in [6.45, 7) is 0.162. The summed E-state index contributed by atoms with van der Waals surface area (Å²) in [6, 6.07) is 6.87. The lowest BCUT2D eigenvalue weighted by Crippen LogP contribution is -2.33. The van der Waals surface area contributed by atoms with Crippen LogP contribution in [0.2, 0.25) is 5.02 Å². The molecule has 0 saturated carbocycles. The van der Waals surface area contributed by atoms with Crippen LogP contribution in [0.5, 0.6) is 0 Å². The molecule has 0 aliphatic carbocycles. The maximum absolute atomic E-state index is 11.0. The van der Waals surface area contributed by atoms with Gasteiger partial charge in [0.25, 0.3) is 0 Å². The van der Waals surface area contributed by atoms with Gasteiger partial charge in [-0.05, 0) is 23.8 Å². The zero-order valence-corrected chi connectivity index (χ0v) is 9.37. The van der Waals surface area contributed by atoms with Crippen molar-refractivity contribution in [2.24, 2.45) is 0 Å². The van der Waals surface area contributed by atoms with Gasteiger partial charge in [-0.1, -0.05) is 23.7 Å². The van der Waals surface area contributed by atoms with Gasteiger partial charge in [0.05, 0.1) is 6.61 Å². The molecule has 0 saturated heterocycles. The lowest BCUT2D eigenvalue weighted by atomic mass is 10.2. The molecule has 86 valence electrons. The Morgan fingerprint density at radius 1 is 1.38 bits per heavy atom. The molecule has 1 aromatic carbocycles. The molecule has 0 radical (unpaired) electrons. The molecule has 5 heteroatoms. The fourth-order valence-corrected chi connectivity index (χ4v) is 1.13. The Hall–Kier alpha value is -1.52. The van der Waals surface area contributed by atoms with E-state index in [0.29, 0.717) is 5.02 Å². The second-order valence-corrected chi connectivity index (χ2v) is 3.45. The van der Waals surface area contributed by atoms with Crippen LogP contribution in [0.25, 0.3) is 6.08 Å². The Kier molecular flexibility index (Phi) is 5.39. The minimum atomic E-state index is -0.348. The molecular weight excluding hydrogens is 228 g/mol. The number of rotatable bonds is 4. The number of halogens is 1. The van der Waals surface area contributed by atoms with Crippen molar-refractivity contribution in [2.45, 2.75) is 0 Å². The number of aliphatic hydroxyl groups excluding tert-OH is 1. The first-order chi connectivity index (χ1) is 7.72. The van der Waals surface area contributed by atoms with Crippen molar-refractivity contribution in [1.29, 1.82) is 0 Å². The smallest absolute Gasteiger partial charge is 0.318 e. The molecule has 0 aromatic heterocycles. The van der Waals surface area contributed by atoms with Crippen LogP contribution in [-0.2, 0) is 0 Å². The first-order valence-corrected chi connectivity index (χ1v) is 5.17. The number of benzene rings is 1. The van der Waals surface area contributed by atoms with E-state index in [-0.39, 0.29) is 19.2 Å². The lowest BCUT2D eigenvalue weighted by Gasteiger charge is -2.01. The highest BCUT2D eigenvalue weighted by atomic mass is 35.5. The van der Waals surface area contributed by atoms with Crippen molar-refractivity contribution in [3.63, 3.8) is 0 Å². The molecule has 1 aromatic rings. The number of hydrogen-bond donors (Lipinski definition) is 3. The van der Waals surface area contributed by atoms with E-state index >= 15 is 0 Å². The number of amides is 2. The molecule has 0 spiro atoms. The highest BCUT2D eigenvalue weighted by Gasteiger charge is 1.93. The van der Waals surface area contributed by atoms with E-state index in [0.717, 1.165) is 5.56 Å². The third-order valence-electron chi connectivity index (χ3n) is 1.76. The van der Waals surface area contributed by atoms with Crippen LogP contribution < -0.4 is 10.6 Å². The minimum absolute atomic E-state index is 0.0751. The molecule has 1 rings (SSSR count). The summed E-state index contributed by atoms with van der Waals surface area (Å²) in [5.41, 5.74) is 0.937. The first-order valence-electron chi connectivity index (χ1n) is 4.79. The molecule has 0 aliphatic heterocycles. The summed E-state index contributed by atoms with van der Waals surface area (Å²) in [4.78, 5) is 11.0. The third kappa shape index (κ3) is 4.82. The van der Waals surface area contributed by atoms with Gasteiger partial charge in [0.1, 0.15) is 0 Å². The Morgan fingerprint density at radius 3 is 2.69 bits per heavy atom. The van der Waals surface area contributed by atoms with Crippen molar-refractivity contribution >= 4 is 23.7 Å². The van der Waals surface area contributed by atoms with E-state index in [1.807, 2.05) is 12.1 Å². The average molecular weight is 241 g/mol. The van der Waals surface area contributed by atoms with Gasteiger partial charge in [-0.15, -0.1) is 0 Å². The summed E-state index contributed by atoms with van der Waals surface area (Å²) in [5, 5.41) is 14.1. The van der Waals surface area contributed by atoms with Gasteiger partial charge in [-0.25, -0.2) is 4.79 Å².